The molecular weight excluding hydrogens is 248 g/mol. The van der Waals surface area contributed by atoms with Gasteiger partial charge in [0.1, 0.15) is 0 Å². The van der Waals surface area contributed by atoms with Crippen LogP contribution in [0, 0.1) is 5.92 Å². The molecule has 0 radical (unpaired) electrons. The van der Waals surface area contributed by atoms with E-state index in [2.05, 4.69) is 5.32 Å². The smallest absolute Gasteiger partial charge is 0.317 e. The highest BCUT2D eigenvalue weighted by molar-refractivity contribution is 5.76. The first-order valence-corrected chi connectivity index (χ1v) is 7.04. The zero-order valence-electron chi connectivity index (χ0n) is 11.0. The van der Waals surface area contributed by atoms with Crippen LogP contribution in [0.3, 0.4) is 0 Å². The molecule has 1 aliphatic heterocycles. The molecular formula is C13H22N2O4. The van der Waals surface area contributed by atoms with Gasteiger partial charge in [0, 0.05) is 13.1 Å². The molecule has 0 spiro atoms. The number of nitrogens with zero attached hydrogens (tertiary/aromatic N) is 1. The predicted octanol–water partition coefficient (Wildman–Crippen LogP) is 0.796. The van der Waals surface area contributed by atoms with Gasteiger partial charge >= 0.3 is 12.0 Å². The minimum Gasteiger partial charge on any atom is -0.481 e. The number of carbonyl (C=O) groups excluding carboxylic acids is 1. The van der Waals surface area contributed by atoms with Gasteiger partial charge in [-0.05, 0) is 25.7 Å². The minimum absolute atomic E-state index is 0.188. The fourth-order valence-corrected chi connectivity index (χ4v) is 2.89. The van der Waals surface area contributed by atoms with Crippen molar-refractivity contribution in [2.24, 2.45) is 5.92 Å². The molecule has 108 valence electrons. The summed E-state index contributed by atoms with van der Waals surface area (Å²) in [4.78, 5) is 24.6. The number of urea groups is 1. The Morgan fingerprint density at radius 2 is 1.84 bits per heavy atom. The molecule has 0 aromatic rings. The van der Waals surface area contributed by atoms with Crippen LogP contribution in [0.4, 0.5) is 4.79 Å². The quantitative estimate of drug-likeness (QED) is 0.692. The SMILES string of the molecule is O=C(O)[C@H]1CCCN(C(=O)NC2CCCCC2O)C1. The van der Waals surface area contributed by atoms with Crippen LogP contribution in [0.15, 0.2) is 0 Å². The highest BCUT2D eigenvalue weighted by atomic mass is 16.4. The van der Waals surface area contributed by atoms with E-state index in [1.807, 2.05) is 0 Å². The molecule has 1 saturated carbocycles. The highest BCUT2D eigenvalue weighted by Gasteiger charge is 2.31. The second kappa shape index (κ2) is 6.23. The first-order valence-electron chi connectivity index (χ1n) is 7.04. The van der Waals surface area contributed by atoms with Gasteiger partial charge in [-0.15, -0.1) is 0 Å². The van der Waals surface area contributed by atoms with Crippen molar-refractivity contribution in [1.82, 2.24) is 10.2 Å². The number of likely N-dealkylation sites (tertiary alicyclic amines) is 1. The lowest BCUT2D eigenvalue weighted by molar-refractivity contribution is -0.143. The summed E-state index contributed by atoms with van der Waals surface area (Å²) in [5.74, 6) is -1.30. The van der Waals surface area contributed by atoms with Gasteiger partial charge in [0.05, 0.1) is 18.1 Å². The molecule has 2 rings (SSSR count). The molecule has 2 unspecified atom stereocenters. The van der Waals surface area contributed by atoms with E-state index in [1.54, 1.807) is 4.90 Å². The molecule has 6 heteroatoms. The van der Waals surface area contributed by atoms with Crippen molar-refractivity contribution < 1.29 is 19.8 Å². The van der Waals surface area contributed by atoms with Gasteiger partial charge in [-0.2, -0.15) is 0 Å². The second-order valence-corrected chi connectivity index (χ2v) is 5.53. The van der Waals surface area contributed by atoms with Gasteiger partial charge in [0.2, 0.25) is 0 Å². The molecule has 19 heavy (non-hydrogen) atoms. The van der Waals surface area contributed by atoms with Crippen molar-refractivity contribution in [3.05, 3.63) is 0 Å². The van der Waals surface area contributed by atoms with Gasteiger partial charge in [0.25, 0.3) is 0 Å². The molecule has 0 aromatic heterocycles. The summed E-state index contributed by atoms with van der Waals surface area (Å²) < 4.78 is 0. The van der Waals surface area contributed by atoms with Crippen LogP contribution in [0.5, 0.6) is 0 Å². The number of rotatable bonds is 2. The Labute approximate surface area is 112 Å². The number of carboxylic acid groups (broad SMARTS) is 1. The molecule has 1 heterocycles. The first kappa shape index (κ1) is 14.1. The maximum Gasteiger partial charge on any atom is 0.317 e. The summed E-state index contributed by atoms with van der Waals surface area (Å²) in [6, 6.07) is -0.427. The Hall–Kier alpha value is -1.30. The Bertz CT molecular complexity index is 348. The molecule has 0 bridgehead atoms. The lowest BCUT2D eigenvalue weighted by Crippen LogP contribution is -2.53. The number of aliphatic hydroxyl groups excluding tert-OH is 1. The van der Waals surface area contributed by atoms with Crippen molar-refractivity contribution in [3.8, 4) is 0 Å². The van der Waals surface area contributed by atoms with E-state index in [1.165, 1.54) is 0 Å². The molecule has 0 aromatic carbocycles. The third-order valence-electron chi connectivity index (χ3n) is 4.10. The van der Waals surface area contributed by atoms with Crippen LogP contribution in [-0.2, 0) is 4.79 Å². The van der Waals surface area contributed by atoms with Crippen molar-refractivity contribution in [1.29, 1.82) is 0 Å². The first-order chi connectivity index (χ1) is 9.08. The number of aliphatic carboxylic acids is 1. The van der Waals surface area contributed by atoms with Crippen molar-refractivity contribution in [2.45, 2.75) is 50.7 Å². The topological polar surface area (TPSA) is 89.9 Å². The number of piperidine rings is 1. The van der Waals surface area contributed by atoms with Gasteiger partial charge in [0.15, 0.2) is 0 Å². The molecule has 2 fully saturated rings. The second-order valence-electron chi connectivity index (χ2n) is 5.53. The summed E-state index contributed by atoms with van der Waals surface area (Å²) in [5.41, 5.74) is 0. The molecule has 3 N–H and O–H groups in total. The van der Waals surface area contributed by atoms with E-state index in [0.717, 1.165) is 32.1 Å². The van der Waals surface area contributed by atoms with E-state index in [0.29, 0.717) is 13.0 Å². The summed E-state index contributed by atoms with van der Waals surface area (Å²) in [6.07, 6.45) is 4.41. The Morgan fingerprint density at radius 3 is 2.53 bits per heavy atom. The van der Waals surface area contributed by atoms with Gasteiger partial charge in [-0.25, -0.2) is 4.79 Å². The fraction of sp³-hybridized carbons (Fsp3) is 0.846. The number of carbonyl (C=O) groups is 2. The third-order valence-corrected chi connectivity index (χ3v) is 4.10. The standard InChI is InChI=1S/C13H22N2O4/c16-11-6-2-1-5-10(11)14-13(19)15-7-3-4-9(8-15)12(17)18/h9-11,16H,1-8H2,(H,14,19)(H,17,18)/t9-,10?,11?/m0/s1. The van der Waals surface area contributed by atoms with Crippen molar-refractivity contribution >= 4 is 12.0 Å². The molecule has 2 aliphatic rings. The Morgan fingerprint density at radius 1 is 1.11 bits per heavy atom. The zero-order valence-corrected chi connectivity index (χ0v) is 11.0. The predicted molar refractivity (Wildman–Crippen MR) is 68.7 cm³/mol. The van der Waals surface area contributed by atoms with Gasteiger partial charge in [-0.1, -0.05) is 12.8 Å². The maximum absolute atomic E-state index is 12.1. The van der Waals surface area contributed by atoms with E-state index in [4.69, 9.17) is 5.11 Å². The van der Waals surface area contributed by atoms with Gasteiger partial charge < -0.3 is 20.4 Å². The largest absolute Gasteiger partial charge is 0.481 e. The normalized spacial score (nSPS) is 31.8. The number of aliphatic hydroxyl groups is 1. The third kappa shape index (κ3) is 3.59. The van der Waals surface area contributed by atoms with E-state index < -0.39 is 18.0 Å². The summed E-state index contributed by atoms with van der Waals surface area (Å²) in [6.45, 7) is 0.864. The summed E-state index contributed by atoms with van der Waals surface area (Å²) >= 11 is 0. The van der Waals surface area contributed by atoms with E-state index in [9.17, 15) is 14.7 Å². The van der Waals surface area contributed by atoms with E-state index >= 15 is 0 Å². The lowest BCUT2D eigenvalue weighted by Gasteiger charge is -2.34. The number of amides is 2. The number of carboxylic acids is 1. The van der Waals surface area contributed by atoms with Crippen LogP contribution in [-0.4, -0.2) is 52.3 Å². The molecule has 6 nitrogen and oxygen atoms in total. The van der Waals surface area contributed by atoms with Crippen LogP contribution in [0.1, 0.15) is 38.5 Å². The monoisotopic (exact) mass is 270 g/mol. The summed E-state index contributed by atoms with van der Waals surface area (Å²) in [5, 5.41) is 21.7. The molecule has 2 amide bonds. The zero-order chi connectivity index (χ0) is 13.8. The van der Waals surface area contributed by atoms with Crippen molar-refractivity contribution in [2.75, 3.05) is 13.1 Å². The van der Waals surface area contributed by atoms with E-state index in [-0.39, 0.29) is 18.6 Å². The molecule has 3 atom stereocenters. The van der Waals surface area contributed by atoms with Crippen LogP contribution in [0.25, 0.3) is 0 Å². The minimum atomic E-state index is -0.838. The number of hydrogen-bond acceptors (Lipinski definition) is 3. The Kier molecular flexibility index (Phi) is 4.63. The van der Waals surface area contributed by atoms with Crippen LogP contribution >= 0.6 is 0 Å². The van der Waals surface area contributed by atoms with Crippen LogP contribution < -0.4 is 5.32 Å². The number of nitrogens with one attached hydrogen (secondary N) is 1. The van der Waals surface area contributed by atoms with Crippen molar-refractivity contribution in [3.63, 3.8) is 0 Å². The highest BCUT2D eigenvalue weighted by Crippen LogP contribution is 2.20. The average molecular weight is 270 g/mol. The molecule has 1 aliphatic carbocycles. The molecule has 1 saturated heterocycles. The Balaban J connectivity index is 1.86. The summed E-state index contributed by atoms with van der Waals surface area (Å²) in [7, 11) is 0. The average Bonchev–Trinajstić information content (AvgIpc) is 2.41. The maximum atomic E-state index is 12.1. The number of hydrogen-bond donors (Lipinski definition) is 3. The van der Waals surface area contributed by atoms with Gasteiger partial charge in [-0.3, -0.25) is 4.79 Å². The fourth-order valence-electron chi connectivity index (χ4n) is 2.89. The van der Waals surface area contributed by atoms with Crippen LogP contribution in [0.2, 0.25) is 0 Å². The lowest BCUT2D eigenvalue weighted by atomic mass is 9.92.